The van der Waals surface area contributed by atoms with E-state index in [1.807, 2.05) is 6.92 Å². The number of carbonyl (C=O) groups is 1. The highest BCUT2D eigenvalue weighted by atomic mass is 35.5. The molecule has 8 heteroatoms. The second kappa shape index (κ2) is 8.18. The van der Waals surface area contributed by atoms with Gasteiger partial charge in [-0.05, 0) is 18.6 Å². The zero-order valence-electron chi connectivity index (χ0n) is 14.0. The molecule has 1 aliphatic rings. The molecule has 1 aliphatic heterocycles. The molecule has 0 aliphatic carbocycles. The third kappa shape index (κ3) is 4.40. The summed E-state index contributed by atoms with van der Waals surface area (Å²) in [4.78, 5) is 13.2. The standard InChI is InChI=1S/C16H23ClN2O4S/c1-3-4-11-23-16-12-14(5-6-15(16)17)24(21,22)19-9-7-18(8-10-19)13(2)20/h5-6,12H,3-4,7-11H2,1-2H3. The Labute approximate surface area is 148 Å². The number of piperazine rings is 1. The Hall–Kier alpha value is -1.31. The number of unbranched alkanes of at least 4 members (excludes halogenated alkanes) is 1. The molecule has 134 valence electrons. The maximum atomic E-state index is 12.8. The minimum absolute atomic E-state index is 0.0369. The Kier molecular flexibility index (Phi) is 6.48. The number of amides is 1. The van der Waals surface area contributed by atoms with Crippen molar-refractivity contribution in [2.45, 2.75) is 31.6 Å². The van der Waals surface area contributed by atoms with Gasteiger partial charge in [-0.15, -0.1) is 0 Å². The zero-order valence-corrected chi connectivity index (χ0v) is 15.6. The maximum absolute atomic E-state index is 12.8. The van der Waals surface area contributed by atoms with Crippen LogP contribution in [0.2, 0.25) is 5.02 Å². The van der Waals surface area contributed by atoms with Gasteiger partial charge in [0.15, 0.2) is 0 Å². The average molecular weight is 375 g/mol. The number of benzene rings is 1. The van der Waals surface area contributed by atoms with Crippen molar-refractivity contribution in [1.29, 1.82) is 0 Å². The van der Waals surface area contributed by atoms with Gasteiger partial charge < -0.3 is 9.64 Å². The molecule has 0 spiro atoms. The van der Waals surface area contributed by atoms with E-state index in [9.17, 15) is 13.2 Å². The van der Waals surface area contributed by atoms with E-state index < -0.39 is 10.0 Å². The average Bonchev–Trinajstić information content (AvgIpc) is 2.56. The number of nitrogens with zero attached hydrogens (tertiary/aromatic N) is 2. The van der Waals surface area contributed by atoms with Gasteiger partial charge in [0, 0.05) is 39.2 Å². The molecule has 0 saturated carbocycles. The summed E-state index contributed by atoms with van der Waals surface area (Å²) in [6.07, 6.45) is 1.86. The van der Waals surface area contributed by atoms with Crippen LogP contribution in [0.1, 0.15) is 26.7 Å². The number of halogens is 1. The van der Waals surface area contributed by atoms with Crippen LogP contribution in [0, 0.1) is 0 Å². The molecule has 0 atom stereocenters. The van der Waals surface area contributed by atoms with E-state index in [1.165, 1.54) is 23.4 Å². The highest BCUT2D eigenvalue weighted by molar-refractivity contribution is 7.89. The molecule has 1 aromatic carbocycles. The molecule has 0 bridgehead atoms. The summed E-state index contributed by atoms with van der Waals surface area (Å²) in [5.41, 5.74) is 0. The molecule has 0 N–H and O–H groups in total. The molecule has 24 heavy (non-hydrogen) atoms. The number of ether oxygens (including phenoxy) is 1. The summed E-state index contributed by atoms with van der Waals surface area (Å²) < 4.78 is 32.5. The molecule has 1 saturated heterocycles. The third-order valence-electron chi connectivity index (χ3n) is 3.98. The molecule has 0 radical (unpaired) electrons. The Morgan fingerprint density at radius 1 is 1.25 bits per heavy atom. The van der Waals surface area contributed by atoms with Crippen LogP contribution in [-0.4, -0.2) is 56.3 Å². The van der Waals surface area contributed by atoms with Crippen molar-refractivity contribution in [3.8, 4) is 5.75 Å². The van der Waals surface area contributed by atoms with Gasteiger partial charge in [-0.3, -0.25) is 4.79 Å². The summed E-state index contributed by atoms with van der Waals surface area (Å²) in [5, 5.41) is 0.395. The molecular weight excluding hydrogens is 352 g/mol. The van der Waals surface area contributed by atoms with Crippen molar-refractivity contribution in [2.24, 2.45) is 0 Å². The number of rotatable bonds is 6. The van der Waals surface area contributed by atoms with Crippen LogP contribution in [0.3, 0.4) is 0 Å². The van der Waals surface area contributed by atoms with Gasteiger partial charge in [0.05, 0.1) is 16.5 Å². The van der Waals surface area contributed by atoms with E-state index in [4.69, 9.17) is 16.3 Å². The minimum atomic E-state index is -3.62. The van der Waals surface area contributed by atoms with Crippen molar-refractivity contribution in [3.05, 3.63) is 23.2 Å². The summed E-state index contributed by atoms with van der Waals surface area (Å²) in [5.74, 6) is 0.346. The SMILES string of the molecule is CCCCOc1cc(S(=O)(=O)N2CCN(C(C)=O)CC2)ccc1Cl. The number of sulfonamides is 1. The Balaban J connectivity index is 2.14. The first kappa shape index (κ1) is 19.0. The lowest BCUT2D eigenvalue weighted by atomic mass is 10.3. The lowest BCUT2D eigenvalue weighted by Gasteiger charge is -2.33. The Bertz CT molecular complexity index is 685. The second-order valence-electron chi connectivity index (χ2n) is 5.70. The van der Waals surface area contributed by atoms with Gasteiger partial charge in [-0.1, -0.05) is 24.9 Å². The first-order valence-electron chi connectivity index (χ1n) is 8.04. The third-order valence-corrected chi connectivity index (χ3v) is 6.19. The quantitative estimate of drug-likeness (QED) is 0.717. The van der Waals surface area contributed by atoms with E-state index in [0.29, 0.717) is 30.5 Å². The predicted molar refractivity (Wildman–Crippen MR) is 92.9 cm³/mol. The fraction of sp³-hybridized carbons (Fsp3) is 0.562. The van der Waals surface area contributed by atoms with Crippen LogP contribution >= 0.6 is 11.6 Å². The molecule has 1 aromatic rings. The van der Waals surface area contributed by atoms with Crippen molar-refractivity contribution < 1.29 is 17.9 Å². The van der Waals surface area contributed by atoms with Crippen molar-refractivity contribution in [1.82, 2.24) is 9.21 Å². The topological polar surface area (TPSA) is 66.9 Å². The van der Waals surface area contributed by atoms with Crippen LogP contribution in [0.15, 0.2) is 23.1 Å². The molecule has 2 rings (SSSR count). The Morgan fingerprint density at radius 3 is 2.50 bits per heavy atom. The lowest BCUT2D eigenvalue weighted by Crippen LogP contribution is -2.49. The van der Waals surface area contributed by atoms with E-state index in [-0.39, 0.29) is 23.9 Å². The van der Waals surface area contributed by atoms with Crippen LogP contribution in [-0.2, 0) is 14.8 Å². The lowest BCUT2D eigenvalue weighted by molar-refractivity contribution is -0.129. The van der Waals surface area contributed by atoms with Crippen molar-refractivity contribution in [3.63, 3.8) is 0 Å². The summed E-state index contributed by atoms with van der Waals surface area (Å²) >= 11 is 6.09. The second-order valence-corrected chi connectivity index (χ2v) is 8.05. The molecule has 1 fully saturated rings. The smallest absolute Gasteiger partial charge is 0.243 e. The normalized spacial score (nSPS) is 16.2. The van der Waals surface area contributed by atoms with E-state index in [1.54, 1.807) is 11.0 Å². The van der Waals surface area contributed by atoms with Gasteiger partial charge >= 0.3 is 0 Å². The molecule has 1 heterocycles. The highest BCUT2D eigenvalue weighted by Crippen LogP contribution is 2.29. The monoisotopic (exact) mass is 374 g/mol. The first-order chi connectivity index (χ1) is 11.4. The van der Waals surface area contributed by atoms with Gasteiger partial charge in [0.1, 0.15) is 5.75 Å². The zero-order chi connectivity index (χ0) is 17.7. The fourth-order valence-electron chi connectivity index (χ4n) is 2.47. The maximum Gasteiger partial charge on any atom is 0.243 e. The Morgan fingerprint density at radius 2 is 1.92 bits per heavy atom. The highest BCUT2D eigenvalue weighted by Gasteiger charge is 2.29. The van der Waals surface area contributed by atoms with Gasteiger partial charge in [0.2, 0.25) is 15.9 Å². The summed E-state index contributed by atoms with van der Waals surface area (Å²) in [6, 6.07) is 4.51. The number of carbonyl (C=O) groups excluding carboxylic acids is 1. The van der Waals surface area contributed by atoms with E-state index in [2.05, 4.69) is 0 Å². The number of hydrogen-bond acceptors (Lipinski definition) is 4. The molecule has 1 amide bonds. The van der Waals surface area contributed by atoms with Crippen LogP contribution < -0.4 is 4.74 Å². The van der Waals surface area contributed by atoms with Crippen molar-refractivity contribution >= 4 is 27.5 Å². The number of hydrogen-bond donors (Lipinski definition) is 0. The van der Waals surface area contributed by atoms with Gasteiger partial charge in [-0.25, -0.2) is 8.42 Å². The summed E-state index contributed by atoms with van der Waals surface area (Å²) in [6.45, 7) is 5.42. The largest absolute Gasteiger partial charge is 0.492 e. The minimum Gasteiger partial charge on any atom is -0.492 e. The molecule has 0 unspecified atom stereocenters. The van der Waals surface area contributed by atoms with Gasteiger partial charge in [0.25, 0.3) is 0 Å². The van der Waals surface area contributed by atoms with Crippen molar-refractivity contribution in [2.75, 3.05) is 32.8 Å². The van der Waals surface area contributed by atoms with E-state index in [0.717, 1.165) is 12.8 Å². The first-order valence-corrected chi connectivity index (χ1v) is 9.86. The fourth-order valence-corrected chi connectivity index (χ4v) is 4.08. The van der Waals surface area contributed by atoms with Crippen LogP contribution in [0.4, 0.5) is 0 Å². The van der Waals surface area contributed by atoms with Crippen LogP contribution in [0.25, 0.3) is 0 Å². The van der Waals surface area contributed by atoms with Crippen LogP contribution in [0.5, 0.6) is 5.75 Å². The predicted octanol–water partition coefficient (Wildman–Crippen LogP) is 2.37. The summed E-state index contributed by atoms with van der Waals surface area (Å²) in [7, 11) is -3.62. The molecule has 6 nitrogen and oxygen atoms in total. The van der Waals surface area contributed by atoms with E-state index >= 15 is 0 Å². The molecular formula is C16H23ClN2O4S. The molecule has 0 aromatic heterocycles. The van der Waals surface area contributed by atoms with Gasteiger partial charge in [-0.2, -0.15) is 4.31 Å².